The smallest absolute Gasteiger partial charge is 0.341 e. The Morgan fingerprint density at radius 1 is 1.59 bits per heavy atom. The van der Waals surface area contributed by atoms with E-state index in [-0.39, 0.29) is 17.9 Å². The molecule has 0 radical (unpaired) electrons. The summed E-state index contributed by atoms with van der Waals surface area (Å²) in [5, 5.41) is 12.5. The van der Waals surface area contributed by atoms with E-state index in [1.165, 1.54) is 7.05 Å². The molecule has 0 aliphatic rings. The molecule has 0 atom stereocenters. The van der Waals surface area contributed by atoms with Crippen LogP contribution in [0.1, 0.15) is 23.7 Å². The van der Waals surface area contributed by atoms with Crippen LogP contribution in [0.5, 0.6) is 0 Å². The van der Waals surface area contributed by atoms with Crippen molar-refractivity contribution < 1.29 is 18.3 Å². The number of nitrogens with one attached hydrogen (secondary N) is 2. The summed E-state index contributed by atoms with van der Waals surface area (Å²) in [5.74, 6) is -1.33. The number of hydrogen-bond acceptors (Lipinski definition) is 4. The fourth-order valence-corrected chi connectivity index (χ4v) is 2.16. The summed E-state index contributed by atoms with van der Waals surface area (Å²) in [7, 11) is -2.32. The van der Waals surface area contributed by atoms with E-state index in [0.717, 1.165) is 10.9 Å². The van der Waals surface area contributed by atoms with Crippen LogP contribution in [0.4, 0.5) is 5.82 Å². The molecule has 3 N–H and O–H groups in total. The maximum atomic E-state index is 11.5. The first kappa shape index (κ1) is 13.5. The van der Waals surface area contributed by atoms with Gasteiger partial charge in [-0.25, -0.2) is 4.79 Å². The Morgan fingerprint density at radius 3 is 2.76 bits per heavy atom. The van der Waals surface area contributed by atoms with Crippen LogP contribution in [0.25, 0.3) is 0 Å². The maximum Gasteiger partial charge on any atom is 0.341 e. The molecule has 96 valence electrons. The van der Waals surface area contributed by atoms with E-state index in [1.54, 1.807) is 0 Å². The van der Waals surface area contributed by atoms with Crippen LogP contribution in [0.15, 0.2) is 6.20 Å². The first-order valence-corrected chi connectivity index (χ1v) is 6.38. The molecule has 0 amide bonds. The topological polar surface area (TPSA) is 113 Å². The lowest BCUT2D eigenvalue weighted by molar-refractivity contribution is 0.0698. The average molecular weight is 262 g/mol. The number of carbonyl (C=O) groups is 1. The van der Waals surface area contributed by atoms with Crippen molar-refractivity contribution in [1.82, 2.24) is 14.5 Å². The molecule has 1 heterocycles. The number of carboxylic acids is 1. The number of hydrogen-bond donors (Lipinski definition) is 3. The molecule has 1 rings (SSSR count). The molecule has 0 saturated carbocycles. The highest BCUT2D eigenvalue weighted by atomic mass is 32.2. The van der Waals surface area contributed by atoms with Crippen molar-refractivity contribution >= 4 is 22.0 Å². The fourth-order valence-electron chi connectivity index (χ4n) is 1.11. The van der Waals surface area contributed by atoms with Crippen molar-refractivity contribution in [1.29, 1.82) is 0 Å². The van der Waals surface area contributed by atoms with E-state index in [2.05, 4.69) is 14.5 Å². The number of nitrogens with zero attached hydrogens (tertiary/aromatic N) is 2. The van der Waals surface area contributed by atoms with Crippen LogP contribution >= 0.6 is 0 Å². The minimum atomic E-state index is -3.77. The molecule has 1 aromatic heterocycles. The van der Waals surface area contributed by atoms with Crippen molar-refractivity contribution in [2.75, 3.05) is 11.3 Å². The minimum Gasteiger partial charge on any atom is -0.477 e. The van der Waals surface area contributed by atoms with Crippen molar-refractivity contribution in [2.24, 2.45) is 7.05 Å². The molecule has 0 aliphatic carbocycles. The van der Waals surface area contributed by atoms with Crippen LogP contribution in [-0.4, -0.2) is 35.8 Å². The van der Waals surface area contributed by atoms with Gasteiger partial charge in [0.2, 0.25) is 0 Å². The first-order chi connectivity index (χ1) is 7.87. The first-order valence-electron chi connectivity index (χ1n) is 4.90. The average Bonchev–Trinajstić information content (AvgIpc) is 2.57. The second-order valence-corrected chi connectivity index (χ2v) is 4.84. The molecule has 8 nitrogen and oxygen atoms in total. The Morgan fingerprint density at radius 2 is 2.24 bits per heavy atom. The molecule has 0 aromatic carbocycles. The van der Waals surface area contributed by atoms with Crippen molar-refractivity contribution in [2.45, 2.75) is 13.3 Å². The van der Waals surface area contributed by atoms with E-state index < -0.39 is 16.2 Å². The Balaban J connectivity index is 2.95. The lowest BCUT2D eigenvalue weighted by Gasteiger charge is -2.09. The Labute approximate surface area is 98.8 Å². The summed E-state index contributed by atoms with van der Waals surface area (Å²) in [4.78, 5) is 10.8. The number of aromatic carboxylic acids is 1. The number of aryl methyl sites for hydroxylation is 1. The Kier molecular flexibility index (Phi) is 4.07. The van der Waals surface area contributed by atoms with Gasteiger partial charge in [-0.05, 0) is 6.42 Å². The minimum absolute atomic E-state index is 0.0823. The highest BCUT2D eigenvalue weighted by Gasteiger charge is 2.19. The quantitative estimate of drug-likeness (QED) is 0.655. The molecule has 0 fully saturated rings. The zero-order valence-corrected chi connectivity index (χ0v) is 10.3. The van der Waals surface area contributed by atoms with Gasteiger partial charge < -0.3 is 5.11 Å². The lowest BCUT2D eigenvalue weighted by Crippen LogP contribution is -2.32. The van der Waals surface area contributed by atoms with Crippen molar-refractivity contribution in [3.8, 4) is 0 Å². The van der Waals surface area contributed by atoms with E-state index >= 15 is 0 Å². The van der Waals surface area contributed by atoms with Crippen LogP contribution in [0, 0.1) is 0 Å². The molecule has 9 heteroatoms. The van der Waals surface area contributed by atoms with Crippen LogP contribution in [0.3, 0.4) is 0 Å². The van der Waals surface area contributed by atoms with Gasteiger partial charge in [-0.1, -0.05) is 6.92 Å². The van der Waals surface area contributed by atoms with Gasteiger partial charge in [0.1, 0.15) is 5.56 Å². The SMILES string of the molecule is CCCNS(=O)(=O)Nc1c(C(=O)O)cnn1C. The second kappa shape index (κ2) is 5.15. The van der Waals surface area contributed by atoms with Crippen molar-refractivity contribution in [3.63, 3.8) is 0 Å². The van der Waals surface area contributed by atoms with Gasteiger partial charge in [0.05, 0.1) is 6.20 Å². The van der Waals surface area contributed by atoms with Gasteiger partial charge in [0.15, 0.2) is 5.82 Å². The normalized spacial score (nSPS) is 11.4. The Hall–Kier alpha value is -1.61. The summed E-state index contributed by atoms with van der Waals surface area (Å²) in [5.41, 5.74) is -0.200. The lowest BCUT2D eigenvalue weighted by atomic mass is 10.3. The largest absolute Gasteiger partial charge is 0.477 e. The van der Waals surface area contributed by atoms with E-state index in [4.69, 9.17) is 5.11 Å². The standard InChI is InChI=1S/C8H14N4O4S/c1-3-4-10-17(15,16)11-7-6(8(13)14)5-9-12(7)2/h5,10-11H,3-4H2,1-2H3,(H,13,14). The molecule has 0 unspecified atom stereocenters. The van der Waals surface area contributed by atoms with E-state index in [9.17, 15) is 13.2 Å². The van der Waals surface area contributed by atoms with Crippen LogP contribution in [0.2, 0.25) is 0 Å². The van der Waals surface area contributed by atoms with Gasteiger partial charge in [-0.3, -0.25) is 9.40 Å². The van der Waals surface area contributed by atoms with Gasteiger partial charge in [0, 0.05) is 13.6 Å². The van der Waals surface area contributed by atoms with Gasteiger partial charge in [-0.15, -0.1) is 0 Å². The van der Waals surface area contributed by atoms with Crippen LogP contribution < -0.4 is 9.44 Å². The number of carboxylic acid groups (broad SMARTS) is 1. The monoisotopic (exact) mass is 262 g/mol. The zero-order valence-electron chi connectivity index (χ0n) is 9.47. The molecule has 0 aliphatic heterocycles. The number of anilines is 1. The van der Waals surface area contributed by atoms with Gasteiger partial charge in [0.25, 0.3) is 10.2 Å². The number of aromatic nitrogens is 2. The number of rotatable bonds is 6. The highest BCUT2D eigenvalue weighted by Crippen LogP contribution is 2.14. The third kappa shape index (κ3) is 3.43. The zero-order chi connectivity index (χ0) is 13.1. The molecule has 1 aromatic rings. The predicted octanol–water partition coefficient (Wildman–Crippen LogP) is -0.225. The molecular formula is C8H14N4O4S. The second-order valence-electron chi connectivity index (χ2n) is 3.34. The highest BCUT2D eigenvalue weighted by molar-refractivity contribution is 7.90. The van der Waals surface area contributed by atoms with E-state index in [0.29, 0.717) is 6.42 Å². The Bertz CT molecular complexity index is 508. The fraction of sp³-hybridized carbons (Fsp3) is 0.500. The summed E-state index contributed by atoms with van der Waals surface area (Å²) < 4.78 is 28.6. The third-order valence-electron chi connectivity index (χ3n) is 1.94. The summed E-state index contributed by atoms with van der Waals surface area (Å²) in [6, 6.07) is 0. The van der Waals surface area contributed by atoms with Crippen molar-refractivity contribution in [3.05, 3.63) is 11.8 Å². The predicted molar refractivity (Wildman–Crippen MR) is 61.0 cm³/mol. The van der Waals surface area contributed by atoms with E-state index in [1.807, 2.05) is 6.92 Å². The van der Waals surface area contributed by atoms with Crippen LogP contribution in [-0.2, 0) is 17.3 Å². The molecule has 0 saturated heterocycles. The molecule has 0 bridgehead atoms. The molecular weight excluding hydrogens is 248 g/mol. The third-order valence-corrected chi connectivity index (χ3v) is 2.99. The maximum absolute atomic E-state index is 11.5. The van der Waals surface area contributed by atoms with Gasteiger partial charge >= 0.3 is 5.97 Å². The molecule has 0 spiro atoms. The summed E-state index contributed by atoms with van der Waals surface area (Å²) >= 11 is 0. The summed E-state index contributed by atoms with van der Waals surface area (Å²) in [6.45, 7) is 2.09. The molecule has 17 heavy (non-hydrogen) atoms. The van der Waals surface area contributed by atoms with Gasteiger partial charge in [-0.2, -0.15) is 18.2 Å². The summed E-state index contributed by atoms with van der Waals surface area (Å²) in [6.07, 6.45) is 1.72.